The number of hydrogen-bond donors (Lipinski definition) is 2. The number of likely N-dealkylation sites (N-methyl/N-ethyl adjacent to an activating group) is 1. The lowest BCUT2D eigenvalue weighted by Gasteiger charge is -2.31. The number of alkyl halides is 1. The maximum atomic E-state index is 17.4. The molecule has 242 valence electrons. The van der Waals surface area contributed by atoms with Gasteiger partial charge in [0.25, 0.3) is 0 Å². The first kappa shape index (κ1) is 29.8. The van der Waals surface area contributed by atoms with E-state index in [1.807, 2.05) is 7.05 Å². The molecule has 0 bridgehead atoms. The molecule has 12 heteroatoms. The molecule has 0 amide bonds. The Kier molecular flexibility index (Phi) is 6.97. The lowest BCUT2D eigenvalue weighted by Crippen LogP contribution is -2.43. The first-order valence-electron chi connectivity index (χ1n) is 15.9. The second-order valence-corrected chi connectivity index (χ2v) is 13.0. The number of aromatic hydroxyl groups is 1. The van der Waals surface area contributed by atoms with E-state index >= 15 is 8.78 Å². The molecular weight excluding hydrogens is 607 g/mol. The van der Waals surface area contributed by atoms with Gasteiger partial charge in [0, 0.05) is 61.7 Å². The number of aryl methyl sites for hydroxylation is 1. The summed E-state index contributed by atoms with van der Waals surface area (Å²) in [7, 11) is 3.64. The zero-order valence-corrected chi connectivity index (χ0v) is 26.2. The van der Waals surface area contributed by atoms with Crippen molar-refractivity contribution in [3.05, 3.63) is 47.7 Å². The molecule has 5 aromatic rings. The Labute approximate surface area is 269 Å². The molecule has 3 aliphatic rings. The van der Waals surface area contributed by atoms with Crippen LogP contribution in [-0.2, 0) is 7.05 Å². The van der Waals surface area contributed by atoms with Crippen LogP contribution in [0.3, 0.4) is 0 Å². The highest BCUT2D eigenvalue weighted by atomic mass is 19.1. The Morgan fingerprint density at radius 2 is 2.00 bits per heavy atom. The second-order valence-electron chi connectivity index (χ2n) is 13.0. The Bertz CT molecular complexity index is 2130. The summed E-state index contributed by atoms with van der Waals surface area (Å²) in [5.74, 6) is 1.42. The number of phenolic OH excluding ortho intramolecular Hbond substituents is 1. The molecule has 3 aliphatic heterocycles. The zero-order chi connectivity index (χ0) is 32.6. The van der Waals surface area contributed by atoms with Gasteiger partial charge in [0.1, 0.15) is 41.2 Å². The van der Waals surface area contributed by atoms with E-state index in [0.717, 1.165) is 25.8 Å². The molecule has 5 heterocycles. The van der Waals surface area contributed by atoms with Gasteiger partial charge in [0.05, 0.1) is 16.5 Å². The molecule has 0 radical (unpaired) electrons. The Morgan fingerprint density at radius 1 is 1.15 bits per heavy atom. The van der Waals surface area contributed by atoms with Gasteiger partial charge in [0.15, 0.2) is 5.82 Å². The maximum absolute atomic E-state index is 17.4. The highest BCUT2D eigenvalue weighted by Crippen LogP contribution is 2.45. The van der Waals surface area contributed by atoms with Crippen molar-refractivity contribution >= 4 is 38.4 Å². The summed E-state index contributed by atoms with van der Waals surface area (Å²) in [6, 6.07) is 5.76. The molecule has 0 unspecified atom stereocenters. The predicted octanol–water partition coefficient (Wildman–Crippen LogP) is 5.06. The van der Waals surface area contributed by atoms with Gasteiger partial charge in [-0.2, -0.15) is 15.1 Å². The van der Waals surface area contributed by atoms with Gasteiger partial charge in [0.2, 0.25) is 0 Å². The molecular formula is C35H34F3N7O2. The Morgan fingerprint density at radius 3 is 2.79 bits per heavy atom. The summed E-state index contributed by atoms with van der Waals surface area (Å²) >= 11 is 0. The van der Waals surface area contributed by atoms with Crippen LogP contribution in [0.1, 0.15) is 31.2 Å². The monoisotopic (exact) mass is 641 g/mol. The van der Waals surface area contributed by atoms with Crippen molar-refractivity contribution in [2.45, 2.75) is 43.4 Å². The van der Waals surface area contributed by atoms with Gasteiger partial charge in [-0.1, -0.05) is 12.0 Å². The number of ether oxygens (including phenoxy) is 1. The topological polar surface area (TPSA) is 91.6 Å². The molecule has 9 nitrogen and oxygen atoms in total. The summed E-state index contributed by atoms with van der Waals surface area (Å²) in [6.07, 6.45) is 9.61. The molecule has 3 aromatic carbocycles. The molecule has 0 saturated carbocycles. The minimum absolute atomic E-state index is 0.000806. The standard InChI is InChI=1S/C35H34F3N7O2/c1-4-23-26(37)7-6-19-12-22(46)13-24(27(19)23)28-30(38)32-29(25-17-43(3)42-31(25)28)33(44-11-8-21(16-44)39-2)41-34(40-32)47-18-35-9-5-10-45(35)15-20(36)14-35/h1,6-7,12-13,17,20-21,39,46H,5,8-11,14-16,18H2,2-3H3/t20-,21+,35+/m1/s1. The average molecular weight is 642 g/mol. The van der Waals surface area contributed by atoms with Crippen molar-refractivity contribution in [3.63, 3.8) is 0 Å². The van der Waals surface area contributed by atoms with E-state index in [1.165, 1.54) is 24.3 Å². The fraction of sp³-hybridized carbons (Fsp3) is 0.400. The third-order valence-corrected chi connectivity index (χ3v) is 10.2. The van der Waals surface area contributed by atoms with Gasteiger partial charge in [-0.15, -0.1) is 6.42 Å². The molecule has 3 saturated heterocycles. The number of terminal acetylenes is 1. The van der Waals surface area contributed by atoms with Crippen LogP contribution in [0, 0.1) is 24.0 Å². The van der Waals surface area contributed by atoms with Crippen molar-refractivity contribution in [2.75, 3.05) is 44.7 Å². The molecule has 2 N–H and O–H groups in total. The maximum Gasteiger partial charge on any atom is 0.319 e. The van der Waals surface area contributed by atoms with Gasteiger partial charge in [-0.05, 0) is 62.0 Å². The summed E-state index contributed by atoms with van der Waals surface area (Å²) in [5.41, 5.74) is 0.00868. The van der Waals surface area contributed by atoms with Crippen LogP contribution in [0.25, 0.3) is 43.7 Å². The van der Waals surface area contributed by atoms with E-state index in [0.29, 0.717) is 53.5 Å². The lowest BCUT2D eigenvalue weighted by molar-refractivity contribution is 0.107. The molecule has 8 rings (SSSR count). The van der Waals surface area contributed by atoms with Crippen molar-refractivity contribution in [1.82, 2.24) is 30.0 Å². The summed E-state index contributed by atoms with van der Waals surface area (Å²) < 4.78 is 54.8. The molecule has 3 fully saturated rings. The number of rotatable bonds is 6. The summed E-state index contributed by atoms with van der Waals surface area (Å²) in [6.45, 7) is 2.67. The van der Waals surface area contributed by atoms with E-state index in [2.05, 4.69) is 31.1 Å². The van der Waals surface area contributed by atoms with Crippen molar-refractivity contribution in [1.29, 1.82) is 0 Å². The van der Waals surface area contributed by atoms with E-state index in [4.69, 9.17) is 16.1 Å². The van der Waals surface area contributed by atoms with Crippen molar-refractivity contribution in [3.8, 4) is 35.2 Å². The van der Waals surface area contributed by atoms with Crippen LogP contribution in [0.2, 0.25) is 0 Å². The number of aromatic nitrogens is 4. The molecule has 2 aromatic heterocycles. The number of fused-ring (bicyclic) bond motifs is 5. The highest BCUT2D eigenvalue weighted by molar-refractivity contribution is 6.18. The van der Waals surface area contributed by atoms with Crippen LogP contribution >= 0.6 is 0 Å². The number of anilines is 1. The first-order valence-corrected chi connectivity index (χ1v) is 15.9. The number of phenols is 1. The van der Waals surface area contributed by atoms with Gasteiger partial charge >= 0.3 is 6.01 Å². The summed E-state index contributed by atoms with van der Waals surface area (Å²) in [4.78, 5) is 13.8. The third-order valence-electron chi connectivity index (χ3n) is 10.2. The third kappa shape index (κ3) is 4.66. The smallest absolute Gasteiger partial charge is 0.319 e. The molecule has 0 aliphatic carbocycles. The number of nitrogens with one attached hydrogen (secondary N) is 1. The van der Waals surface area contributed by atoms with Crippen molar-refractivity contribution < 1.29 is 23.0 Å². The van der Waals surface area contributed by atoms with Crippen LogP contribution in [0.4, 0.5) is 19.0 Å². The van der Waals surface area contributed by atoms with Crippen molar-refractivity contribution in [2.24, 2.45) is 7.05 Å². The van der Waals surface area contributed by atoms with Crippen LogP contribution in [0.15, 0.2) is 30.5 Å². The fourth-order valence-corrected chi connectivity index (χ4v) is 8.05. The Hall–Kier alpha value is -4.60. The first-order chi connectivity index (χ1) is 22.7. The number of nitrogens with zero attached hydrogens (tertiary/aromatic N) is 6. The van der Waals surface area contributed by atoms with E-state index in [9.17, 15) is 9.50 Å². The number of benzene rings is 3. The SMILES string of the molecule is C#Cc1c(F)ccc2cc(O)cc(-c3c(F)c4nc(OC[C@@]56CCCN5C[C@H](F)C6)nc(N5CC[C@H](NC)C5)c4c4cn(C)nc34)c12. The zero-order valence-electron chi connectivity index (χ0n) is 26.2. The van der Waals surface area contributed by atoms with E-state index in [-0.39, 0.29) is 52.0 Å². The molecule has 3 atom stereocenters. The fourth-order valence-electron chi connectivity index (χ4n) is 8.05. The predicted molar refractivity (Wildman–Crippen MR) is 174 cm³/mol. The minimum atomic E-state index is -0.927. The van der Waals surface area contributed by atoms with Crippen LogP contribution in [-0.4, -0.2) is 87.3 Å². The minimum Gasteiger partial charge on any atom is -0.508 e. The van der Waals surface area contributed by atoms with Crippen LogP contribution < -0.4 is 15.0 Å². The van der Waals surface area contributed by atoms with E-state index < -0.39 is 23.3 Å². The molecule has 0 spiro atoms. The van der Waals surface area contributed by atoms with Crippen LogP contribution in [0.5, 0.6) is 11.8 Å². The lowest BCUT2D eigenvalue weighted by atomic mass is 9.91. The van der Waals surface area contributed by atoms with Gasteiger partial charge in [-0.25, -0.2) is 13.2 Å². The largest absolute Gasteiger partial charge is 0.508 e. The quantitative estimate of drug-likeness (QED) is 0.249. The van der Waals surface area contributed by atoms with Gasteiger partial charge in [-0.3, -0.25) is 9.58 Å². The number of hydrogen-bond acceptors (Lipinski definition) is 8. The Balaban J connectivity index is 1.38. The number of halogens is 3. The average Bonchev–Trinajstić information content (AvgIpc) is 3.83. The molecule has 47 heavy (non-hydrogen) atoms. The van der Waals surface area contributed by atoms with E-state index in [1.54, 1.807) is 17.9 Å². The second kappa shape index (κ2) is 11.0. The van der Waals surface area contributed by atoms with Gasteiger partial charge < -0.3 is 20.1 Å². The summed E-state index contributed by atoms with van der Waals surface area (Å²) in [5, 5.41) is 20.5. The highest BCUT2D eigenvalue weighted by Gasteiger charge is 2.49. The normalized spacial score (nSPS) is 22.9.